The van der Waals surface area contributed by atoms with Crippen LogP contribution >= 0.6 is 15.9 Å². The van der Waals surface area contributed by atoms with Crippen molar-refractivity contribution < 1.29 is 9.53 Å². The summed E-state index contributed by atoms with van der Waals surface area (Å²) < 4.78 is 6.25. The average molecular weight is 269 g/mol. The van der Waals surface area contributed by atoms with Gasteiger partial charge in [0.15, 0.2) is 5.78 Å². The predicted molar refractivity (Wildman–Crippen MR) is 62.5 cm³/mol. The summed E-state index contributed by atoms with van der Waals surface area (Å²) >= 11 is 3.49. The van der Waals surface area contributed by atoms with Crippen LogP contribution < -0.4 is 4.74 Å². The molecule has 15 heavy (non-hydrogen) atoms. The summed E-state index contributed by atoms with van der Waals surface area (Å²) in [6, 6.07) is 3.79. The Labute approximate surface area is 97.8 Å². The van der Waals surface area contributed by atoms with Crippen LogP contribution in [0.4, 0.5) is 0 Å². The first-order valence-electron chi connectivity index (χ1n) is 5.08. The molecule has 0 saturated heterocycles. The van der Waals surface area contributed by atoms with E-state index in [0.717, 1.165) is 28.4 Å². The van der Waals surface area contributed by atoms with E-state index in [1.165, 1.54) is 0 Å². The van der Waals surface area contributed by atoms with Gasteiger partial charge in [0.25, 0.3) is 0 Å². The molecule has 1 aliphatic rings. The lowest BCUT2D eigenvalue weighted by Gasteiger charge is -2.07. The summed E-state index contributed by atoms with van der Waals surface area (Å²) in [5.74, 6) is 1.06. The molecule has 0 aromatic heterocycles. The van der Waals surface area contributed by atoms with Crippen LogP contribution in [0.15, 0.2) is 16.6 Å². The van der Waals surface area contributed by atoms with Gasteiger partial charge < -0.3 is 4.74 Å². The first-order chi connectivity index (χ1) is 7.19. The van der Waals surface area contributed by atoms with Crippen molar-refractivity contribution in [2.75, 3.05) is 7.11 Å². The minimum Gasteiger partial charge on any atom is -0.496 e. The molecule has 0 fully saturated rings. The molecule has 80 valence electrons. The summed E-state index contributed by atoms with van der Waals surface area (Å²) in [5, 5.41) is 0. The molecule has 3 heteroatoms. The minimum absolute atomic E-state index is 0.132. The first kappa shape index (κ1) is 10.7. The molecule has 0 bridgehead atoms. The van der Waals surface area contributed by atoms with Crippen molar-refractivity contribution in [1.29, 1.82) is 0 Å². The second-order valence-electron chi connectivity index (χ2n) is 3.78. The first-order valence-corrected chi connectivity index (χ1v) is 5.87. The zero-order chi connectivity index (χ0) is 11.0. The largest absolute Gasteiger partial charge is 0.496 e. The number of methoxy groups -OCH3 is 1. The van der Waals surface area contributed by atoms with Crippen LogP contribution in [0.1, 0.15) is 29.3 Å². The highest BCUT2D eigenvalue weighted by molar-refractivity contribution is 9.10. The van der Waals surface area contributed by atoms with Gasteiger partial charge in [0, 0.05) is 10.4 Å². The fraction of sp³-hybridized carbons (Fsp3) is 0.417. The highest BCUT2D eigenvalue weighted by Gasteiger charge is 2.33. The van der Waals surface area contributed by atoms with E-state index in [2.05, 4.69) is 22.9 Å². The minimum atomic E-state index is 0.132. The smallest absolute Gasteiger partial charge is 0.170 e. The van der Waals surface area contributed by atoms with Crippen molar-refractivity contribution in [2.45, 2.75) is 19.8 Å². The Bertz CT molecular complexity index is 412. The number of rotatable bonds is 2. The normalized spacial score (nSPS) is 19.1. The van der Waals surface area contributed by atoms with Crippen LogP contribution in [-0.4, -0.2) is 12.9 Å². The number of benzene rings is 1. The third-order valence-electron chi connectivity index (χ3n) is 3.00. The molecule has 0 amide bonds. The number of Topliss-reactive ketones (excluding diaryl/α,β-unsaturated/α-hetero) is 1. The van der Waals surface area contributed by atoms with Gasteiger partial charge in [0.05, 0.1) is 12.7 Å². The molecule has 1 aliphatic carbocycles. The van der Waals surface area contributed by atoms with Crippen molar-refractivity contribution in [3.63, 3.8) is 0 Å². The van der Waals surface area contributed by atoms with Crippen LogP contribution in [0.5, 0.6) is 5.75 Å². The van der Waals surface area contributed by atoms with Gasteiger partial charge in [-0.3, -0.25) is 4.79 Å². The Hall–Kier alpha value is -0.830. The number of halogens is 1. The van der Waals surface area contributed by atoms with Gasteiger partial charge in [-0.2, -0.15) is 0 Å². The topological polar surface area (TPSA) is 26.3 Å². The van der Waals surface area contributed by atoms with Crippen molar-refractivity contribution in [2.24, 2.45) is 5.92 Å². The maximum Gasteiger partial charge on any atom is 0.170 e. The van der Waals surface area contributed by atoms with E-state index < -0.39 is 0 Å². The molecule has 0 saturated carbocycles. The lowest BCUT2D eigenvalue weighted by molar-refractivity contribution is 0.0931. The van der Waals surface area contributed by atoms with Crippen LogP contribution in [-0.2, 0) is 6.42 Å². The standard InChI is InChI=1S/C12H13BrO2/c1-3-7-6-8-9(13)4-5-10(15-2)11(8)12(7)14/h4-5,7H,3,6H2,1-2H3/t7-/m0/s1. The molecule has 2 rings (SSSR count). The molecule has 0 heterocycles. The fourth-order valence-electron chi connectivity index (χ4n) is 2.11. The Morgan fingerprint density at radius 2 is 2.27 bits per heavy atom. The van der Waals surface area contributed by atoms with Crippen LogP contribution in [0.3, 0.4) is 0 Å². The lowest BCUT2D eigenvalue weighted by Crippen LogP contribution is -2.07. The zero-order valence-corrected chi connectivity index (χ0v) is 10.4. The predicted octanol–water partition coefficient (Wildman–Crippen LogP) is 3.22. The highest BCUT2D eigenvalue weighted by atomic mass is 79.9. The van der Waals surface area contributed by atoms with E-state index >= 15 is 0 Å². The summed E-state index contributed by atoms with van der Waals surface area (Å²) in [5.41, 5.74) is 1.88. The molecule has 2 nitrogen and oxygen atoms in total. The second kappa shape index (κ2) is 3.97. The molecular formula is C12H13BrO2. The summed E-state index contributed by atoms with van der Waals surface area (Å²) in [6.07, 6.45) is 1.73. The van der Waals surface area contributed by atoms with E-state index in [1.54, 1.807) is 7.11 Å². The Morgan fingerprint density at radius 3 is 2.87 bits per heavy atom. The SMILES string of the molecule is CC[C@H]1Cc2c(Br)ccc(OC)c2C1=O. The van der Waals surface area contributed by atoms with Gasteiger partial charge in [-0.1, -0.05) is 22.9 Å². The molecule has 1 atom stereocenters. The van der Waals surface area contributed by atoms with Crippen LogP contribution in [0.25, 0.3) is 0 Å². The van der Waals surface area contributed by atoms with Gasteiger partial charge in [-0.15, -0.1) is 0 Å². The Balaban J connectivity index is 2.56. The van der Waals surface area contributed by atoms with E-state index in [4.69, 9.17) is 4.74 Å². The molecule has 1 aromatic rings. The Morgan fingerprint density at radius 1 is 1.53 bits per heavy atom. The van der Waals surface area contributed by atoms with E-state index in [9.17, 15) is 4.79 Å². The van der Waals surface area contributed by atoms with Crippen molar-refractivity contribution in [3.05, 3.63) is 27.7 Å². The van der Waals surface area contributed by atoms with E-state index in [-0.39, 0.29) is 11.7 Å². The van der Waals surface area contributed by atoms with Crippen molar-refractivity contribution >= 4 is 21.7 Å². The molecule has 0 spiro atoms. The number of hydrogen-bond donors (Lipinski definition) is 0. The number of carbonyl (C=O) groups is 1. The molecule has 0 aliphatic heterocycles. The van der Waals surface area contributed by atoms with Crippen LogP contribution in [0.2, 0.25) is 0 Å². The van der Waals surface area contributed by atoms with Crippen molar-refractivity contribution in [1.82, 2.24) is 0 Å². The molecule has 1 aromatic carbocycles. The highest BCUT2D eigenvalue weighted by Crippen LogP contribution is 2.39. The number of ketones is 1. The van der Waals surface area contributed by atoms with E-state index in [1.807, 2.05) is 12.1 Å². The number of hydrogen-bond acceptors (Lipinski definition) is 2. The lowest BCUT2D eigenvalue weighted by atomic mass is 10.0. The van der Waals surface area contributed by atoms with Crippen LogP contribution in [0, 0.1) is 5.92 Å². The third-order valence-corrected chi connectivity index (χ3v) is 3.74. The summed E-state index contributed by atoms with van der Waals surface area (Å²) in [7, 11) is 1.61. The molecular weight excluding hydrogens is 256 g/mol. The monoisotopic (exact) mass is 268 g/mol. The second-order valence-corrected chi connectivity index (χ2v) is 4.63. The van der Waals surface area contributed by atoms with Gasteiger partial charge in [0.2, 0.25) is 0 Å². The van der Waals surface area contributed by atoms with Gasteiger partial charge in [0.1, 0.15) is 5.75 Å². The summed E-state index contributed by atoms with van der Waals surface area (Å²) in [4.78, 5) is 12.1. The third kappa shape index (κ3) is 1.59. The average Bonchev–Trinajstić information content (AvgIpc) is 2.58. The zero-order valence-electron chi connectivity index (χ0n) is 8.84. The number of fused-ring (bicyclic) bond motifs is 1. The number of carbonyl (C=O) groups excluding carboxylic acids is 1. The van der Waals surface area contributed by atoms with Gasteiger partial charge in [-0.25, -0.2) is 0 Å². The van der Waals surface area contributed by atoms with Crippen molar-refractivity contribution in [3.8, 4) is 5.75 Å². The van der Waals surface area contributed by atoms with Gasteiger partial charge in [-0.05, 0) is 30.5 Å². The fourth-order valence-corrected chi connectivity index (χ4v) is 2.61. The summed E-state index contributed by atoms with van der Waals surface area (Å²) in [6.45, 7) is 2.05. The molecule has 0 unspecified atom stereocenters. The Kier molecular flexibility index (Phi) is 2.83. The maximum atomic E-state index is 12.1. The molecule has 0 radical (unpaired) electrons. The number of ether oxygens (including phenoxy) is 1. The van der Waals surface area contributed by atoms with Gasteiger partial charge >= 0.3 is 0 Å². The molecule has 0 N–H and O–H groups in total. The quantitative estimate of drug-likeness (QED) is 0.824. The maximum absolute atomic E-state index is 12.1. The van der Waals surface area contributed by atoms with E-state index in [0.29, 0.717) is 5.75 Å².